The lowest BCUT2D eigenvalue weighted by atomic mass is 9.83. The fraction of sp³-hybridized carbons (Fsp3) is 0.324. The average molecular weight is 491 g/mol. The zero-order valence-corrected chi connectivity index (χ0v) is 23.1. The molecule has 1 N–H and O–H groups in total. The minimum Gasteiger partial charge on any atom is -0.369 e. The lowest BCUT2D eigenvalue weighted by molar-refractivity contribution is -0.450. The summed E-state index contributed by atoms with van der Waals surface area (Å²) in [7, 11) is 0. The molecule has 0 saturated carbocycles. The summed E-state index contributed by atoms with van der Waals surface area (Å²) in [4.78, 5) is 8.46. The third-order valence-electron chi connectivity index (χ3n) is 7.95. The molecule has 0 aromatic heterocycles. The van der Waals surface area contributed by atoms with Crippen LogP contribution in [-0.4, -0.2) is 36.9 Å². The quantitative estimate of drug-likeness (QED) is 0.414. The molecule has 2 atom stereocenters. The highest BCUT2D eigenvalue weighted by Crippen LogP contribution is 2.39. The van der Waals surface area contributed by atoms with Crippen LogP contribution in [0.4, 0.5) is 11.4 Å². The Hall–Kier alpha value is -3.59. The zero-order valence-electron chi connectivity index (χ0n) is 23.1. The largest absolute Gasteiger partial charge is 0.369 e. The van der Waals surface area contributed by atoms with Crippen molar-refractivity contribution in [1.82, 2.24) is 0 Å². The molecule has 1 heterocycles. The second-order valence-corrected chi connectivity index (χ2v) is 10.5. The Balaban J connectivity index is 1.66. The van der Waals surface area contributed by atoms with Crippen LogP contribution in [0, 0.1) is 0 Å². The van der Waals surface area contributed by atoms with Gasteiger partial charge < -0.3 is 9.80 Å². The maximum absolute atomic E-state index is 3.55. The molecule has 190 valence electrons. The molecule has 0 bridgehead atoms. The van der Waals surface area contributed by atoms with Crippen LogP contribution in [-0.2, 0) is 0 Å². The number of anilines is 2. The monoisotopic (exact) mass is 490 g/mol. The van der Waals surface area contributed by atoms with E-state index in [-0.39, 0.29) is 0 Å². The Labute approximate surface area is 222 Å². The predicted octanol–water partition coefficient (Wildman–Crippen LogP) is 5.94. The summed E-state index contributed by atoms with van der Waals surface area (Å²) < 4.78 is 0. The summed E-state index contributed by atoms with van der Waals surface area (Å²) >= 11 is 0. The second-order valence-electron chi connectivity index (χ2n) is 10.5. The summed E-state index contributed by atoms with van der Waals surface area (Å²) in [6, 6.07) is 28.8. The van der Waals surface area contributed by atoms with Gasteiger partial charge in [-0.05, 0) is 106 Å². The number of fused-ring (bicyclic) bond motifs is 1. The van der Waals surface area contributed by atoms with Crippen LogP contribution in [0.15, 0.2) is 84.9 Å². The van der Waals surface area contributed by atoms with Crippen molar-refractivity contribution in [2.45, 2.75) is 59.7 Å². The zero-order chi connectivity index (χ0) is 26.1. The Bertz CT molecular complexity index is 1330. The Morgan fingerprint density at radius 1 is 0.811 bits per heavy atom. The fourth-order valence-electron chi connectivity index (χ4n) is 5.78. The Morgan fingerprint density at radius 3 is 1.95 bits per heavy atom. The molecule has 2 unspecified atom stereocenters. The van der Waals surface area contributed by atoms with E-state index in [0.29, 0.717) is 18.1 Å². The van der Waals surface area contributed by atoms with E-state index in [1.54, 1.807) is 0 Å². The highest BCUT2D eigenvalue weighted by atomic mass is 15.3. The van der Waals surface area contributed by atoms with Crippen molar-refractivity contribution < 1.29 is 4.99 Å². The van der Waals surface area contributed by atoms with Crippen LogP contribution >= 0.6 is 0 Å². The van der Waals surface area contributed by atoms with Gasteiger partial charge in [0.25, 0.3) is 0 Å². The second kappa shape index (κ2) is 10.4. The third-order valence-corrected chi connectivity index (χ3v) is 7.95. The Morgan fingerprint density at radius 2 is 1.41 bits per heavy atom. The van der Waals surface area contributed by atoms with E-state index >= 15 is 0 Å². The summed E-state index contributed by atoms with van der Waals surface area (Å²) in [6.07, 6.45) is 4.53. The highest BCUT2D eigenvalue weighted by molar-refractivity contribution is 6.17. The summed E-state index contributed by atoms with van der Waals surface area (Å²) in [5.74, 6) is 0. The number of benzene rings is 3. The molecular formula is C34H40N3+. The van der Waals surface area contributed by atoms with Crippen LogP contribution in [0.25, 0.3) is 11.1 Å². The summed E-state index contributed by atoms with van der Waals surface area (Å²) in [5.41, 5.74) is 11.3. The molecule has 0 spiro atoms. The van der Waals surface area contributed by atoms with Crippen molar-refractivity contribution in [2.24, 2.45) is 0 Å². The molecule has 1 aliphatic heterocycles. The molecule has 3 nitrogen and oxygen atoms in total. The van der Waals surface area contributed by atoms with Gasteiger partial charge in [-0.1, -0.05) is 42.5 Å². The summed E-state index contributed by atoms with van der Waals surface area (Å²) in [5, 5.41) is 0. The fourth-order valence-corrected chi connectivity index (χ4v) is 5.78. The van der Waals surface area contributed by atoms with Crippen molar-refractivity contribution in [3.05, 3.63) is 107 Å². The molecule has 3 aromatic rings. The number of rotatable bonds is 7. The first-order chi connectivity index (χ1) is 17.9. The summed E-state index contributed by atoms with van der Waals surface area (Å²) in [6.45, 7) is 15.4. The van der Waals surface area contributed by atoms with E-state index in [1.165, 1.54) is 50.5 Å². The van der Waals surface area contributed by atoms with Gasteiger partial charge in [0.1, 0.15) is 6.54 Å². The minimum atomic E-state index is 0.469. The number of nitrogens with one attached hydrogen (secondary N) is 1. The van der Waals surface area contributed by atoms with Crippen LogP contribution in [0.1, 0.15) is 63.8 Å². The van der Waals surface area contributed by atoms with Crippen molar-refractivity contribution in [3.63, 3.8) is 0 Å². The van der Waals surface area contributed by atoms with Crippen molar-refractivity contribution >= 4 is 28.2 Å². The van der Waals surface area contributed by atoms with E-state index in [4.69, 9.17) is 0 Å². The van der Waals surface area contributed by atoms with Gasteiger partial charge in [-0.15, -0.1) is 0 Å². The van der Waals surface area contributed by atoms with E-state index < -0.39 is 0 Å². The topological polar surface area (TPSA) is 20.2 Å². The molecule has 5 rings (SSSR count). The molecule has 1 fully saturated rings. The van der Waals surface area contributed by atoms with Gasteiger partial charge >= 0.3 is 0 Å². The number of nitrogens with zero attached hydrogens (tertiary/aromatic N) is 2. The molecular weight excluding hydrogens is 450 g/mol. The number of hydrogen-bond donors (Lipinski definition) is 1. The first-order valence-electron chi connectivity index (χ1n) is 13.8. The maximum Gasteiger partial charge on any atom is 0.206 e. The van der Waals surface area contributed by atoms with Gasteiger partial charge in [0.05, 0.1) is 5.56 Å². The van der Waals surface area contributed by atoms with Crippen LogP contribution in [0.3, 0.4) is 0 Å². The maximum atomic E-state index is 3.55. The average Bonchev–Trinajstić information content (AvgIpc) is 3.52. The third kappa shape index (κ3) is 4.75. The molecule has 2 aliphatic rings. The predicted molar refractivity (Wildman–Crippen MR) is 160 cm³/mol. The molecule has 3 heteroatoms. The SMILES string of the molecule is CC[NH+]=C1C=CC(=C(c2ccc(N(CC)C(C)C)cc2)c2ccc(N3C(C)C3C)cc2)c2ccccc21. The van der Waals surface area contributed by atoms with E-state index in [9.17, 15) is 0 Å². The molecule has 0 amide bonds. The first kappa shape index (κ1) is 25.1. The lowest BCUT2D eigenvalue weighted by Gasteiger charge is -2.28. The smallest absolute Gasteiger partial charge is 0.206 e. The lowest BCUT2D eigenvalue weighted by Crippen LogP contribution is -2.72. The van der Waals surface area contributed by atoms with Crippen molar-refractivity contribution in [1.29, 1.82) is 0 Å². The molecule has 1 saturated heterocycles. The van der Waals surface area contributed by atoms with Gasteiger partial charge in [0, 0.05) is 42.1 Å². The molecule has 3 aromatic carbocycles. The normalized spacial score (nSPS) is 20.8. The van der Waals surface area contributed by atoms with Crippen LogP contribution < -0.4 is 14.8 Å². The van der Waals surface area contributed by atoms with Gasteiger partial charge in [0.2, 0.25) is 5.71 Å². The minimum absolute atomic E-state index is 0.469. The number of allylic oxidation sites excluding steroid dienone is 3. The van der Waals surface area contributed by atoms with Crippen molar-refractivity contribution in [2.75, 3.05) is 22.9 Å². The van der Waals surface area contributed by atoms with Gasteiger partial charge in [-0.25, -0.2) is 4.99 Å². The molecule has 1 aliphatic carbocycles. The van der Waals surface area contributed by atoms with E-state index in [0.717, 1.165) is 13.1 Å². The van der Waals surface area contributed by atoms with Crippen molar-refractivity contribution in [3.8, 4) is 0 Å². The Kier molecular flexibility index (Phi) is 7.06. The van der Waals surface area contributed by atoms with Crippen LogP contribution in [0.2, 0.25) is 0 Å². The van der Waals surface area contributed by atoms with Gasteiger partial charge in [-0.3, -0.25) is 0 Å². The van der Waals surface area contributed by atoms with Gasteiger partial charge in [0.15, 0.2) is 0 Å². The molecule has 37 heavy (non-hydrogen) atoms. The van der Waals surface area contributed by atoms with E-state index in [1.807, 2.05) is 0 Å². The molecule has 0 radical (unpaired) electrons. The highest BCUT2D eigenvalue weighted by Gasteiger charge is 2.39. The van der Waals surface area contributed by atoms with Gasteiger partial charge in [-0.2, -0.15) is 0 Å². The standard InChI is InChI=1S/C34H39N3/c1-7-35-33-22-21-32(30-11-9-10-12-31(30)33)34(26-13-17-28(18-14-26)36(8-2)23(3)4)27-15-19-29(20-16-27)37-24(5)25(37)6/h9-25H,7-8H2,1-6H3/p+1. The number of hydrogen-bond acceptors (Lipinski definition) is 2. The van der Waals surface area contributed by atoms with Crippen LogP contribution in [0.5, 0.6) is 0 Å². The first-order valence-corrected chi connectivity index (χ1v) is 13.8. The van der Waals surface area contributed by atoms with E-state index in [2.05, 4.69) is 141 Å².